The van der Waals surface area contributed by atoms with Crippen molar-refractivity contribution in [1.82, 2.24) is 10.2 Å². The lowest BCUT2D eigenvalue weighted by atomic mass is 10.1. The molecule has 0 radical (unpaired) electrons. The lowest BCUT2D eigenvalue weighted by Gasteiger charge is -2.25. The highest BCUT2D eigenvalue weighted by Gasteiger charge is 2.39. The van der Waals surface area contributed by atoms with Gasteiger partial charge >= 0.3 is 0 Å². The van der Waals surface area contributed by atoms with Gasteiger partial charge in [0.05, 0.1) is 5.88 Å². The van der Waals surface area contributed by atoms with Gasteiger partial charge in [0.25, 0.3) is 0 Å². The molecular weight excluding hydrogens is 390 g/mol. The van der Waals surface area contributed by atoms with E-state index in [0.29, 0.717) is 35.9 Å². The second-order valence-corrected chi connectivity index (χ2v) is 7.91. The van der Waals surface area contributed by atoms with Crippen molar-refractivity contribution in [1.29, 1.82) is 0 Å². The third kappa shape index (κ3) is 4.54. The summed E-state index contributed by atoms with van der Waals surface area (Å²) in [5.74, 6) is 1.85. The van der Waals surface area contributed by atoms with Gasteiger partial charge in [-0.1, -0.05) is 18.2 Å². The molecule has 2 aromatic rings. The van der Waals surface area contributed by atoms with Gasteiger partial charge in [-0.3, -0.25) is 14.4 Å². The van der Waals surface area contributed by atoms with Crippen molar-refractivity contribution in [2.75, 3.05) is 16.9 Å². The van der Waals surface area contributed by atoms with Crippen molar-refractivity contribution < 1.29 is 19.1 Å². The Kier molecular flexibility index (Phi) is 5.71. The fourth-order valence-corrected chi connectivity index (χ4v) is 4.50. The van der Waals surface area contributed by atoms with Crippen LogP contribution in [0, 0.1) is 0 Å². The summed E-state index contributed by atoms with van der Waals surface area (Å²) in [5, 5.41) is 5.55. The Morgan fingerprint density at radius 2 is 1.79 bits per heavy atom. The van der Waals surface area contributed by atoms with Gasteiger partial charge in [0, 0.05) is 17.9 Å². The fraction of sp³-hybridized carbons (Fsp3) is 0.286. The first-order valence-corrected chi connectivity index (χ1v) is 10.6. The first-order valence-electron chi connectivity index (χ1n) is 9.41. The quantitative estimate of drug-likeness (QED) is 0.790. The number of benzene rings is 2. The zero-order chi connectivity index (χ0) is 20.2. The molecule has 0 spiro atoms. The summed E-state index contributed by atoms with van der Waals surface area (Å²) in [7, 11) is 0. The maximum absolute atomic E-state index is 12.7. The molecule has 8 heteroatoms. The summed E-state index contributed by atoms with van der Waals surface area (Å²) in [5.41, 5.74) is 0.633. The van der Waals surface area contributed by atoms with Crippen molar-refractivity contribution in [3.63, 3.8) is 0 Å². The van der Waals surface area contributed by atoms with Crippen molar-refractivity contribution in [2.24, 2.45) is 0 Å². The van der Waals surface area contributed by atoms with Gasteiger partial charge in [-0.05, 0) is 42.8 Å². The molecule has 0 saturated carbocycles. The van der Waals surface area contributed by atoms with Crippen LogP contribution in [0.2, 0.25) is 0 Å². The molecule has 4 rings (SSSR count). The Morgan fingerprint density at radius 3 is 2.48 bits per heavy atom. The van der Waals surface area contributed by atoms with E-state index < -0.39 is 12.1 Å². The summed E-state index contributed by atoms with van der Waals surface area (Å²) >= 11 is 1.53. The van der Waals surface area contributed by atoms with Crippen LogP contribution in [0.5, 0.6) is 11.5 Å². The van der Waals surface area contributed by atoms with Crippen molar-refractivity contribution in [3.05, 3.63) is 54.6 Å². The van der Waals surface area contributed by atoms with Gasteiger partial charge in [-0.15, -0.1) is 11.8 Å². The highest BCUT2D eigenvalue weighted by atomic mass is 32.2. The number of anilines is 1. The number of carbonyl (C=O) groups excluding carboxylic acids is 3. The topological polar surface area (TPSA) is 87.7 Å². The Labute approximate surface area is 172 Å². The Hall–Kier alpha value is -3.00. The minimum Gasteiger partial charge on any atom is -0.457 e. The van der Waals surface area contributed by atoms with Crippen LogP contribution >= 0.6 is 11.8 Å². The van der Waals surface area contributed by atoms with E-state index in [9.17, 15) is 14.4 Å². The van der Waals surface area contributed by atoms with Crippen LogP contribution in [0.1, 0.15) is 12.8 Å². The van der Waals surface area contributed by atoms with Gasteiger partial charge in [-0.25, -0.2) is 0 Å². The number of nitrogens with one attached hydrogen (secondary N) is 2. The molecule has 0 aromatic heterocycles. The molecule has 2 aliphatic rings. The van der Waals surface area contributed by atoms with Crippen LogP contribution in [-0.4, -0.2) is 46.3 Å². The van der Waals surface area contributed by atoms with Crippen LogP contribution < -0.4 is 15.4 Å². The number of ether oxygens (including phenoxy) is 1. The Balaban J connectivity index is 1.36. The van der Waals surface area contributed by atoms with Crippen LogP contribution in [-0.2, 0) is 14.4 Å². The van der Waals surface area contributed by atoms with Gasteiger partial charge in [0.15, 0.2) is 0 Å². The van der Waals surface area contributed by atoms with E-state index in [0.717, 1.165) is 5.75 Å². The molecule has 0 bridgehead atoms. The second-order valence-electron chi connectivity index (χ2n) is 6.91. The number of amides is 3. The van der Waals surface area contributed by atoms with E-state index in [1.54, 1.807) is 29.2 Å². The molecule has 2 fully saturated rings. The summed E-state index contributed by atoms with van der Waals surface area (Å²) in [4.78, 5) is 38.4. The lowest BCUT2D eigenvalue weighted by Crippen LogP contribution is -2.50. The van der Waals surface area contributed by atoms with Gasteiger partial charge < -0.3 is 20.3 Å². The molecule has 29 heavy (non-hydrogen) atoms. The molecule has 2 aromatic carbocycles. The zero-order valence-electron chi connectivity index (χ0n) is 15.7. The molecule has 0 aliphatic carbocycles. The lowest BCUT2D eigenvalue weighted by molar-refractivity contribution is -0.138. The minimum atomic E-state index is -0.551. The van der Waals surface area contributed by atoms with E-state index in [1.807, 2.05) is 30.3 Å². The third-order valence-electron chi connectivity index (χ3n) is 4.86. The smallest absolute Gasteiger partial charge is 0.248 e. The van der Waals surface area contributed by atoms with E-state index in [2.05, 4.69) is 10.6 Å². The Morgan fingerprint density at radius 1 is 1.07 bits per heavy atom. The van der Waals surface area contributed by atoms with E-state index in [1.165, 1.54) is 11.8 Å². The number of carbonyl (C=O) groups is 3. The molecular formula is C21H21N3O4S. The molecule has 2 aliphatic heterocycles. The van der Waals surface area contributed by atoms with E-state index in [-0.39, 0.29) is 17.7 Å². The third-order valence-corrected chi connectivity index (χ3v) is 5.87. The molecule has 7 nitrogen and oxygen atoms in total. The van der Waals surface area contributed by atoms with Crippen LogP contribution in [0.15, 0.2) is 54.6 Å². The number of hydrogen-bond donors (Lipinski definition) is 2. The van der Waals surface area contributed by atoms with Crippen LogP contribution in [0.4, 0.5) is 5.69 Å². The van der Waals surface area contributed by atoms with Crippen LogP contribution in [0.3, 0.4) is 0 Å². The molecule has 2 saturated heterocycles. The average molecular weight is 411 g/mol. The predicted octanol–water partition coefficient (Wildman–Crippen LogP) is 2.60. The van der Waals surface area contributed by atoms with Crippen LogP contribution in [0.25, 0.3) is 0 Å². The molecule has 2 heterocycles. The monoisotopic (exact) mass is 411 g/mol. The first kappa shape index (κ1) is 19.3. The van der Waals surface area contributed by atoms with Gasteiger partial charge in [0.2, 0.25) is 17.7 Å². The normalized spacial score (nSPS) is 21.0. The molecule has 2 atom stereocenters. The summed E-state index contributed by atoms with van der Waals surface area (Å²) in [6, 6.07) is 15.5. The van der Waals surface area contributed by atoms with Crippen molar-refractivity contribution >= 4 is 35.2 Å². The van der Waals surface area contributed by atoms with E-state index >= 15 is 0 Å². The SMILES string of the molecule is O=C1CC[C@@H](C(=O)N2CSC[C@@H]2C(=O)Nc2ccc(Oc3ccccc3)cc2)N1. The highest BCUT2D eigenvalue weighted by molar-refractivity contribution is 7.99. The number of para-hydroxylation sites is 1. The van der Waals surface area contributed by atoms with Gasteiger partial charge in [0.1, 0.15) is 23.6 Å². The fourth-order valence-electron chi connectivity index (χ4n) is 3.33. The number of thioether (sulfide) groups is 1. The summed E-state index contributed by atoms with van der Waals surface area (Å²) < 4.78 is 5.75. The molecule has 0 unspecified atom stereocenters. The van der Waals surface area contributed by atoms with E-state index in [4.69, 9.17) is 4.74 Å². The maximum Gasteiger partial charge on any atom is 0.248 e. The average Bonchev–Trinajstić information content (AvgIpc) is 3.39. The summed E-state index contributed by atoms with van der Waals surface area (Å²) in [6.07, 6.45) is 0.835. The predicted molar refractivity (Wildman–Crippen MR) is 111 cm³/mol. The number of hydrogen-bond acceptors (Lipinski definition) is 5. The second kappa shape index (κ2) is 8.57. The largest absolute Gasteiger partial charge is 0.457 e. The van der Waals surface area contributed by atoms with Gasteiger partial charge in [-0.2, -0.15) is 0 Å². The van der Waals surface area contributed by atoms with Crippen molar-refractivity contribution in [2.45, 2.75) is 24.9 Å². The summed E-state index contributed by atoms with van der Waals surface area (Å²) in [6.45, 7) is 0. The number of nitrogens with zero attached hydrogens (tertiary/aromatic N) is 1. The maximum atomic E-state index is 12.7. The molecule has 150 valence electrons. The number of rotatable bonds is 5. The first-order chi connectivity index (χ1) is 14.1. The minimum absolute atomic E-state index is 0.117. The zero-order valence-corrected chi connectivity index (χ0v) is 16.5. The molecule has 3 amide bonds. The highest BCUT2D eigenvalue weighted by Crippen LogP contribution is 2.26. The standard InChI is InChI=1S/C21H21N3O4S/c25-19-11-10-17(23-19)21(27)24-13-29-12-18(24)20(26)22-14-6-8-16(9-7-14)28-15-4-2-1-3-5-15/h1-9,17-18H,10-13H2,(H,22,26)(H,23,25)/t17-,18+/m0/s1. The van der Waals surface area contributed by atoms with Crippen molar-refractivity contribution in [3.8, 4) is 11.5 Å². The molecule has 2 N–H and O–H groups in total. The Bertz CT molecular complexity index is 904.